The first-order valence-corrected chi connectivity index (χ1v) is 5.70. The average Bonchev–Trinajstić information content (AvgIpc) is 2.30. The Labute approximate surface area is 99.2 Å². The fraction of sp³-hybridized carbons (Fsp3) is 0.500. The predicted octanol–water partition coefficient (Wildman–Crippen LogP) is 2.19. The number of nitrogens with one attached hydrogen (secondary N) is 2. The zero-order valence-corrected chi connectivity index (χ0v) is 9.82. The zero-order valence-electron chi connectivity index (χ0n) is 9.82. The SMILES string of the molecule is CCNCCCNCc1cc(F)c(F)c(F)c1. The first kappa shape index (κ1) is 14.0. The quantitative estimate of drug-likeness (QED) is 0.569. The predicted molar refractivity (Wildman–Crippen MR) is 61.2 cm³/mol. The van der Waals surface area contributed by atoms with Crippen molar-refractivity contribution in [1.82, 2.24) is 10.6 Å². The van der Waals surface area contributed by atoms with Gasteiger partial charge < -0.3 is 10.6 Å². The van der Waals surface area contributed by atoms with E-state index in [0.717, 1.165) is 38.2 Å². The average molecular weight is 246 g/mol. The molecule has 0 saturated heterocycles. The van der Waals surface area contributed by atoms with Crippen molar-refractivity contribution in [3.63, 3.8) is 0 Å². The molecule has 0 aromatic heterocycles. The van der Waals surface area contributed by atoms with Crippen LogP contribution in [0, 0.1) is 17.5 Å². The minimum Gasteiger partial charge on any atom is -0.317 e. The Morgan fingerprint density at radius 1 is 1.00 bits per heavy atom. The van der Waals surface area contributed by atoms with E-state index in [-0.39, 0.29) is 0 Å². The molecule has 1 aromatic rings. The molecule has 17 heavy (non-hydrogen) atoms. The molecule has 0 unspecified atom stereocenters. The number of rotatable bonds is 7. The molecule has 1 aromatic carbocycles. The maximum atomic E-state index is 12.9. The van der Waals surface area contributed by atoms with Crippen molar-refractivity contribution in [3.05, 3.63) is 35.1 Å². The van der Waals surface area contributed by atoms with E-state index in [1.165, 1.54) is 0 Å². The lowest BCUT2D eigenvalue weighted by Crippen LogP contribution is -2.21. The van der Waals surface area contributed by atoms with Gasteiger partial charge in [0.05, 0.1) is 0 Å². The van der Waals surface area contributed by atoms with Gasteiger partial charge in [0.2, 0.25) is 0 Å². The third-order valence-corrected chi connectivity index (χ3v) is 2.33. The van der Waals surface area contributed by atoms with Crippen LogP contribution < -0.4 is 10.6 Å². The Hall–Kier alpha value is -1.07. The first-order chi connectivity index (χ1) is 8.15. The second kappa shape index (κ2) is 7.29. The molecule has 5 heteroatoms. The van der Waals surface area contributed by atoms with Gasteiger partial charge in [0, 0.05) is 6.54 Å². The van der Waals surface area contributed by atoms with Crippen molar-refractivity contribution in [2.24, 2.45) is 0 Å². The van der Waals surface area contributed by atoms with Gasteiger partial charge in [-0.05, 0) is 43.8 Å². The summed E-state index contributed by atoms with van der Waals surface area (Å²) in [6, 6.07) is 2.02. The molecule has 2 nitrogen and oxygen atoms in total. The van der Waals surface area contributed by atoms with Gasteiger partial charge in [0.1, 0.15) is 0 Å². The van der Waals surface area contributed by atoms with E-state index in [9.17, 15) is 13.2 Å². The van der Waals surface area contributed by atoms with Gasteiger partial charge in [-0.15, -0.1) is 0 Å². The van der Waals surface area contributed by atoms with Crippen molar-refractivity contribution in [2.45, 2.75) is 19.9 Å². The molecular weight excluding hydrogens is 229 g/mol. The number of hydrogen-bond acceptors (Lipinski definition) is 2. The maximum absolute atomic E-state index is 12.9. The summed E-state index contributed by atoms with van der Waals surface area (Å²) in [5, 5.41) is 6.20. The molecular formula is C12H17F3N2. The van der Waals surface area contributed by atoms with Crippen LogP contribution >= 0.6 is 0 Å². The van der Waals surface area contributed by atoms with Gasteiger partial charge in [-0.3, -0.25) is 0 Å². The third-order valence-electron chi connectivity index (χ3n) is 2.33. The van der Waals surface area contributed by atoms with Crippen molar-refractivity contribution >= 4 is 0 Å². The molecule has 0 amide bonds. The molecule has 96 valence electrons. The second-order valence-corrected chi connectivity index (χ2v) is 3.76. The minimum absolute atomic E-state index is 0.334. The maximum Gasteiger partial charge on any atom is 0.194 e. The van der Waals surface area contributed by atoms with Crippen LogP contribution in [0.5, 0.6) is 0 Å². The van der Waals surface area contributed by atoms with Crippen molar-refractivity contribution in [3.8, 4) is 0 Å². The third kappa shape index (κ3) is 4.75. The van der Waals surface area contributed by atoms with E-state index in [0.29, 0.717) is 12.1 Å². The van der Waals surface area contributed by atoms with Crippen LogP contribution in [0.25, 0.3) is 0 Å². The topological polar surface area (TPSA) is 24.1 Å². The summed E-state index contributed by atoms with van der Waals surface area (Å²) < 4.78 is 38.4. The number of benzene rings is 1. The molecule has 2 N–H and O–H groups in total. The van der Waals surface area contributed by atoms with Crippen molar-refractivity contribution in [2.75, 3.05) is 19.6 Å². The first-order valence-electron chi connectivity index (χ1n) is 5.70. The van der Waals surface area contributed by atoms with Crippen molar-refractivity contribution < 1.29 is 13.2 Å². The summed E-state index contributed by atoms with van der Waals surface area (Å²) >= 11 is 0. The molecule has 0 bridgehead atoms. The standard InChI is InChI=1S/C12H17F3N2/c1-2-16-4-3-5-17-8-9-6-10(13)12(15)11(14)7-9/h6-7,16-17H,2-5,8H2,1H3. The summed E-state index contributed by atoms with van der Waals surface area (Å²) in [7, 11) is 0. The highest BCUT2D eigenvalue weighted by atomic mass is 19.2. The van der Waals surface area contributed by atoms with E-state index < -0.39 is 17.5 Å². The Balaban J connectivity index is 2.32. The van der Waals surface area contributed by atoms with Gasteiger partial charge >= 0.3 is 0 Å². The highest BCUT2D eigenvalue weighted by Crippen LogP contribution is 2.13. The molecule has 0 atom stereocenters. The number of hydrogen-bond donors (Lipinski definition) is 2. The fourth-order valence-corrected chi connectivity index (χ4v) is 1.46. The molecule has 0 radical (unpaired) electrons. The summed E-state index contributed by atoms with van der Waals surface area (Å²) in [4.78, 5) is 0. The molecule has 1 rings (SSSR count). The van der Waals surface area contributed by atoms with E-state index in [4.69, 9.17) is 0 Å². The lowest BCUT2D eigenvalue weighted by atomic mass is 10.2. The lowest BCUT2D eigenvalue weighted by Gasteiger charge is -2.06. The molecule has 0 aliphatic carbocycles. The van der Waals surface area contributed by atoms with E-state index in [1.54, 1.807) is 0 Å². The van der Waals surface area contributed by atoms with Gasteiger partial charge in [-0.1, -0.05) is 6.92 Å². The van der Waals surface area contributed by atoms with Crippen LogP contribution in [0.2, 0.25) is 0 Å². The highest BCUT2D eigenvalue weighted by molar-refractivity contribution is 5.19. The molecule has 0 saturated carbocycles. The van der Waals surface area contributed by atoms with Gasteiger partial charge in [-0.25, -0.2) is 13.2 Å². The Morgan fingerprint density at radius 2 is 1.59 bits per heavy atom. The van der Waals surface area contributed by atoms with Crippen LogP contribution in [0.3, 0.4) is 0 Å². The van der Waals surface area contributed by atoms with Gasteiger partial charge in [0.15, 0.2) is 17.5 Å². The minimum atomic E-state index is -1.42. The van der Waals surface area contributed by atoms with E-state index >= 15 is 0 Å². The van der Waals surface area contributed by atoms with Crippen LogP contribution in [0.1, 0.15) is 18.9 Å². The number of halogens is 3. The van der Waals surface area contributed by atoms with Gasteiger partial charge in [-0.2, -0.15) is 0 Å². The smallest absolute Gasteiger partial charge is 0.194 e. The van der Waals surface area contributed by atoms with Crippen LogP contribution in [-0.4, -0.2) is 19.6 Å². The summed E-state index contributed by atoms with van der Waals surface area (Å²) in [5.41, 5.74) is 0.407. The lowest BCUT2D eigenvalue weighted by molar-refractivity contribution is 0.444. The molecule has 0 fully saturated rings. The van der Waals surface area contributed by atoms with Crippen LogP contribution in [0.15, 0.2) is 12.1 Å². The summed E-state index contributed by atoms with van der Waals surface area (Å²) in [6.45, 7) is 4.93. The van der Waals surface area contributed by atoms with Crippen LogP contribution in [0.4, 0.5) is 13.2 Å². The molecule has 0 spiro atoms. The van der Waals surface area contributed by atoms with Crippen molar-refractivity contribution in [1.29, 1.82) is 0 Å². The fourth-order valence-electron chi connectivity index (χ4n) is 1.46. The Kier molecular flexibility index (Phi) is 6.00. The summed E-state index contributed by atoms with van der Waals surface area (Å²) in [6.07, 6.45) is 0.931. The normalized spacial score (nSPS) is 10.8. The zero-order chi connectivity index (χ0) is 12.7. The highest BCUT2D eigenvalue weighted by Gasteiger charge is 2.09. The largest absolute Gasteiger partial charge is 0.317 e. The monoisotopic (exact) mass is 246 g/mol. The molecule has 0 aliphatic rings. The molecule has 0 aliphatic heterocycles. The van der Waals surface area contributed by atoms with E-state index in [2.05, 4.69) is 10.6 Å². The van der Waals surface area contributed by atoms with E-state index in [1.807, 2.05) is 6.92 Å². The Morgan fingerprint density at radius 3 is 2.18 bits per heavy atom. The van der Waals surface area contributed by atoms with Gasteiger partial charge in [0.25, 0.3) is 0 Å². The molecule has 0 heterocycles. The second-order valence-electron chi connectivity index (χ2n) is 3.76. The van der Waals surface area contributed by atoms with Crippen LogP contribution in [-0.2, 0) is 6.54 Å². The Bertz CT molecular complexity index is 333. The summed E-state index contributed by atoms with van der Waals surface area (Å²) in [5.74, 6) is -3.70.